The number of hydrogen-bond acceptors (Lipinski definition) is 2. The third-order valence-corrected chi connectivity index (χ3v) is 8.78. The summed E-state index contributed by atoms with van der Waals surface area (Å²) >= 11 is 0. The zero-order chi connectivity index (χ0) is 31.1. The fourth-order valence-electron chi connectivity index (χ4n) is 6.20. The molecule has 3 atom stereocenters. The van der Waals surface area contributed by atoms with E-state index in [1.807, 2.05) is 0 Å². The Kier molecular flexibility index (Phi) is 30.1. The van der Waals surface area contributed by atoms with Crippen molar-refractivity contribution in [3.63, 3.8) is 0 Å². The van der Waals surface area contributed by atoms with Gasteiger partial charge in [0.1, 0.15) is 0 Å². The number of rotatable bonds is 31. The molecule has 0 aromatic carbocycles. The first-order valence-corrected chi connectivity index (χ1v) is 18.3. The Morgan fingerprint density at radius 2 is 0.929 bits per heavy atom. The van der Waals surface area contributed by atoms with E-state index in [1.54, 1.807) is 0 Å². The number of carboxylic acids is 1. The van der Waals surface area contributed by atoms with Gasteiger partial charge in [-0.1, -0.05) is 95.8 Å². The van der Waals surface area contributed by atoms with Crippen molar-refractivity contribution < 1.29 is 9.90 Å². The third kappa shape index (κ3) is 25.2. The van der Waals surface area contributed by atoms with Gasteiger partial charge in [-0.15, -0.1) is 0 Å². The van der Waals surface area contributed by atoms with Crippen molar-refractivity contribution in [3.05, 3.63) is 36.5 Å². The molecule has 42 heavy (non-hydrogen) atoms. The quantitative estimate of drug-likeness (QED) is 0.0647. The number of aliphatic carboxylic acids is 1. The molecule has 3 nitrogen and oxygen atoms in total. The van der Waals surface area contributed by atoms with Crippen LogP contribution in [-0.2, 0) is 4.79 Å². The maximum Gasteiger partial charge on any atom is 0.306 e. The topological polar surface area (TPSA) is 40.5 Å². The molecule has 0 saturated carbocycles. The predicted octanol–water partition coefficient (Wildman–Crippen LogP) is 12.2. The molecule has 0 radical (unpaired) electrons. The smallest absolute Gasteiger partial charge is 0.306 e. The normalized spacial score (nSPS) is 14.5. The van der Waals surface area contributed by atoms with Crippen LogP contribution in [0.25, 0.3) is 0 Å². The standard InChI is InChI=1S/C39H73NO2/c1-6-9-12-15-18-21-24-27-31-36(32-28-25-22-19-16-13-10-7-2)37(33-29-26-23-20-17-14-11-8-3)38(39(41)42)34-30-35-40(4)5/h18-23,36-38H,6-17,24-35H2,1-5H3,(H,41,42)/b21-18-,22-19?,23-20?. The number of carboxylic acid groups (broad SMARTS) is 1. The first-order valence-electron chi connectivity index (χ1n) is 18.3. The van der Waals surface area contributed by atoms with Crippen molar-refractivity contribution in [2.75, 3.05) is 20.6 Å². The van der Waals surface area contributed by atoms with E-state index >= 15 is 0 Å². The second-order valence-corrected chi connectivity index (χ2v) is 13.0. The van der Waals surface area contributed by atoms with Crippen LogP contribution in [0.3, 0.4) is 0 Å². The van der Waals surface area contributed by atoms with Crippen molar-refractivity contribution >= 4 is 5.97 Å². The van der Waals surface area contributed by atoms with Crippen LogP contribution in [0.15, 0.2) is 36.5 Å². The molecule has 0 saturated heterocycles. The van der Waals surface area contributed by atoms with E-state index in [9.17, 15) is 9.90 Å². The van der Waals surface area contributed by atoms with Crippen LogP contribution < -0.4 is 0 Å². The van der Waals surface area contributed by atoms with E-state index in [4.69, 9.17) is 0 Å². The molecule has 0 aromatic rings. The van der Waals surface area contributed by atoms with Gasteiger partial charge in [0.25, 0.3) is 0 Å². The molecule has 0 amide bonds. The maximum atomic E-state index is 12.7. The Labute approximate surface area is 263 Å². The van der Waals surface area contributed by atoms with Crippen LogP contribution in [0.2, 0.25) is 0 Å². The molecule has 0 spiro atoms. The van der Waals surface area contributed by atoms with Crippen molar-refractivity contribution in [3.8, 4) is 0 Å². The van der Waals surface area contributed by atoms with Gasteiger partial charge in [-0.3, -0.25) is 4.79 Å². The zero-order valence-corrected chi connectivity index (χ0v) is 29.0. The second kappa shape index (κ2) is 31.1. The number of carbonyl (C=O) groups is 1. The molecule has 0 aliphatic carbocycles. The molecule has 3 heteroatoms. The van der Waals surface area contributed by atoms with Crippen LogP contribution >= 0.6 is 0 Å². The van der Waals surface area contributed by atoms with Crippen molar-refractivity contribution in [1.29, 1.82) is 0 Å². The van der Waals surface area contributed by atoms with E-state index < -0.39 is 5.97 Å². The highest BCUT2D eigenvalue weighted by atomic mass is 16.4. The summed E-state index contributed by atoms with van der Waals surface area (Å²) in [5.41, 5.74) is 0. The molecule has 0 bridgehead atoms. The Hall–Kier alpha value is -1.35. The Bertz CT molecular complexity index is 639. The number of unbranched alkanes of at least 4 members (excludes halogenated alkanes) is 12. The Balaban J connectivity index is 5.43. The summed E-state index contributed by atoms with van der Waals surface area (Å²) in [6.45, 7) is 7.74. The predicted molar refractivity (Wildman–Crippen MR) is 187 cm³/mol. The molecule has 0 rings (SSSR count). The molecule has 0 fully saturated rings. The maximum absolute atomic E-state index is 12.7. The average Bonchev–Trinajstić information content (AvgIpc) is 2.96. The molecule has 0 aromatic heterocycles. The van der Waals surface area contributed by atoms with E-state index in [0.29, 0.717) is 5.92 Å². The molecule has 246 valence electrons. The van der Waals surface area contributed by atoms with Crippen molar-refractivity contribution in [2.45, 2.75) is 168 Å². The van der Waals surface area contributed by atoms with E-state index in [2.05, 4.69) is 76.2 Å². The molecule has 0 aliphatic rings. The van der Waals surface area contributed by atoms with Crippen LogP contribution in [0, 0.1) is 17.8 Å². The summed E-state index contributed by atoms with van der Waals surface area (Å²) in [6, 6.07) is 0. The zero-order valence-electron chi connectivity index (χ0n) is 29.0. The molecule has 1 N–H and O–H groups in total. The van der Waals surface area contributed by atoms with Crippen molar-refractivity contribution in [2.24, 2.45) is 17.8 Å². The SMILES string of the molecule is CCCCCC=CCCCC(CCC/C=C\CCCCC)C(CCCC=CCCCCC)C(CCCN(C)C)C(=O)O. The van der Waals surface area contributed by atoms with Crippen LogP contribution in [0.1, 0.15) is 168 Å². The molecular formula is C39H73NO2. The van der Waals surface area contributed by atoms with Crippen LogP contribution in [0.5, 0.6) is 0 Å². The van der Waals surface area contributed by atoms with E-state index in [1.165, 1.54) is 89.9 Å². The minimum atomic E-state index is -0.564. The molecule has 3 unspecified atom stereocenters. The molecule has 0 heterocycles. The highest BCUT2D eigenvalue weighted by molar-refractivity contribution is 5.70. The van der Waals surface area contributed by atoms with E-state index in [-0.39, 0.29) is 11.8 Å². The van der Waals surface area contributed by atoms with Gasteiger partial charge < -0.3 is 10.0 Å². The van der Waals surface area contributed by atoms with Gasteiger partial charge in [0.15, 0.2) is 0 Å². The van der Waals surface area contributed by atoms with Crippen LogP contribution in [0.4, 0.5) is 0 Å². The number of hydrogen-bond donors (Lipinski definition) is 1. The summed E-state index contributed by atoms with van der Waals surface area (Å²) < 4.78 is 0. The van der Waals surface area contributed by atoms with Gasteiger partial charge in [-0.25, -0.2) is 0 Å². The molecular weight excluding hydrogens is 514 g/mol. The first kappa shape index (κ1) is 40.6. The summed E-state index contributed by atoms with van der Waals surface area (Å²) in [6.07, 6.45) is 41.4. The fourth-order valence-corrected chi connectivity index (χ4v) is 6.20. The summed E-state index contributed by atoms with van der Waals surface area (Å²) in [5, 5.41) is 10.5. The monoisotopic (exact) mass is 588 g/mol. The summed E-state index contributed by atoms with van der Waals surface area (Å²) in [4.78, 5) is 14.9. The van der Waals surface area contributed by atoms with Gasteiger partial charge in [0, 0.05) is 0 Å². The highest BCUT2D eigenvalue weighted by Gasteiger charge is 2.33. The number of allylic oxidation sites excluding steroid dienone is 6. The second-order valence-electron chi connectivity index (χ2n) is 13.0. The highest BCUT2D eigenvalue weighted by Crippen LogP contribution is 2.36. The van der Waals surface area contributed by atoms with Crippen LogP contribution in [-0.4, -0.2) is 36.6 Å². The van der Waals surface area contributed by atoms with E-state index in [0.717, 1.165) is 64.3 Å². The molecule has 0 aliphatic heterocycles. The summed E-state index contributed by atoms with van der Waals surface area (Å²) in [7, 11) is 4.18. The lowest BCUT2D eigenvalue weighted by molar-refractivity contribution is -0.145. The van der Waals surface area contributed by atoms with Gasteiger partial charge >= 0.3 is 5.97 Å². The average molecular weight is 588 g/mol. The fraction of sp³-hybridized carbons (Fsp3) is 0.821. The lowest BCUT2D eigenvalue weighted by Crippen LogP contribution is -2.31. The Morgan fingerprint density at radius 3 is 1.29 bits per heavy atom. The number of nitrogens with zero attached hydrogens (tertiary/aromatic N) is 1. The van der Waals surface area contributed by atoms with Gasteiger partial charge in [-0.05, 0) is 142 Å². The largest absolute Gasteiger partial charge is 0.481 e. The first-order chi connectivity index (χ1) is 20.5. The van der Waals surface area contributed by atoms with Gasteiger partial charge in [0.2, 0.25) is 0 Å². The third-order valence-electron chi connectivity index (χ3n) is 8.78. The minimum Gasteiger partial charge on any atom is -0.481 e. The minimum absolute atomic E-state index is 0.224. The van der Waals surface area contributed by atoms with Gasteiger partial charge in [-0.2, -0.15) is 0 Å². The Morgan fingerprint density at radius 1 is 0.548 bits per heavy atom. The lowest BCUT2D eigenvalue weighted by Gasteiger charge is -2.32. The van der Waals surface area contributed by atoms with Gasteiger partial charge in [0.05, 0.1) is 5.92 Å². The summed E-state index contributed by atoms with van der Waals surface area (Å²) in [5.74, 6) is -0.00986. The lowest BCUT2D eigenvalue weighted by atomic mass is 9.72. The van der Waals surface area contributed by atoms with Crippen molar-refractivity contribution in [1.82, 2.24) is 4.90 Å².